The van der Waals surface area contributed by atoms with Crippen LogP contribution in [-0.4, -0.2) is 180 Å². The summed E-state index contributed by atoms with van der Waals surface area (Å²) in [4.78, 5) is 0. The number of rotatable bonds is 8. The Balaban J connectivity index is 1.03. The Hall–Kier alpha value is -0.680. The maximum absolute atomic E-state index is 12.3. The molecule has 18 unspecified atom stereocenters. The summed E-state index contributed by atoms with van der Waals surface area (Å²) >= 11 is 0. The topological polar surface area (TPSA) is 267 Å². The highest BCUT2D eigenvalue weighted by atomic mass is 16.8. The maximum Gasteiger partial charge on any atom is 0.187 e. The van der Waals surface area contributed by atoms with Gasteiger partial charge in [-0.05, 0) is 124 Å². The van der Waals surface area contributed by atoms with Crippen LogP contribution in [0, 0.1) is 44.8 Å². The van der Waals surface area contributed by atoms with E-state index < -0.39 is 115 Å². The molecule has 9 fully saturated rings. The SMILES string of the molecule is CC1OC(OC2C(OC3CC[C@]45C[C@]46CC[C@]4(C)C(C7(C)CC[C@H](C(C)(C)O)O7)[C@@H](O)C[C@@]4(C)C6C[C@H](OC4OCC(O)C(O)C4O)C5C3(C)C)OCC(O)C2O)C(O)C(O)C1O. The van der Waals surface area contributed by atoms with Crippen LogP contribution in [0.5, 0.6) is 0 Å². The van der Waals surface area contributed by atoms with E-state index in [1.54, 1.807) is 13.8 Å². The minimum Gasteiger partial charge on any atom is -0.393 e. The van der Waals surface area contributed by atoms with Gasteiger partial charge in [0.05, 0.1) is 54.9 Å². The normalized spacial score (nSPS) is 59.0. The van der Waals surface area contributed by atoms with Crippen molar-refractivity contribution in [2.75, 3.05) is 13.2 Å². The van der Waals surface area contributed by atoms with Gasteiger partial charge in [-0.2, -0.15) is 0 Å². The molecule has 17 heteroatoms. The molecule has 362 valence electrons. The zero-order valence-electron chi connectivity index (χ0n) is 38.2. The van der Waals surface area contributed by atoms with Crippen molar-refractivity contribution in [3.05, 3.63) is 0 Å². The molecule has 63 heavy (non-hydrogen) atoms. The quantitative estimate of drug-likeness (QED) is 0.146. The van der Waals surface area contributed by atoms with Crippen molar-refractivity contribution in [1.29, 1.82) is 0 Å². The van der Waals surface area contributed by atoms with E-state index in [4.69, 9.17) is 33.2 Å². The van der Waals surface area contributed by atoms with Gasteiger partial charge in [0.25, 0.3) is 0 Å². The summed E-state index contributed by atoms with van der Waals surface area (Å²) in [6.45, 7) is 15.6. The van der Waals surface area contributed by atoms with Crippen LogP contribution in [-0.2, 0) is 33.2 Å². The summed E-state index contributed by atoms with van der Waals surface area (Å²) in [5, 5.41) is 109. The third kappa shape index (κ3) is 6.94. The van der Waals surface area contributed by atoms with Gasteiger partial charge in [-0.25, -0.2) is 0 Å². The van der Waals surface area contributed by atoms with Crippen molar-refractivity contribution < 1.29 is 84.2 Å². The second kappa shape index (κ2) is 15.7. The Morgan fingerprint density at radius 2 is 1.25 bits per heavy atom. The first-order valence-electron chi connectivity index (χ1n) is 23.6. The summed E-state index contributed by atoms with van der Waals surface area (Å²) < 4.78 is 44.4. The summed E-state index contributed by atoms with van der Waals surface area (Å²) in [5.74, 6) is -0.264. The summed E-state index contributed by atoms with van der Waals surface area (Å²) in [5.41, 5.74) is -3.35. The van der Waals surface area contributed by atoms with E-state index >= 15 is 0 Å². The van der Waals surface area contributed by atoms with Gasteiger partial charge in [0.1, 0.15) is 54.9 Å². The number of hydrogen-bond donors (Lipinski definition) is 10. The average Bonchev–Trinajstić information content (AvgIpc) is 3.57. The number of hydrogen-bond acceptors (Lipinski definition) is 17. The Labute approximate surface area is 370 Å². The van der Waals surface area contributed by atoms with Crippen molar-refractivity contribution in [2.45, 2.75) is 229 Å². The van der Waals surface area contributed by atoms with Crippen LogP contribution < -0.4 is 0 Å². The highest BCUT2D eigenvalue weighted by molar-refractivity contribution is 5.33. The Morgan fingerprint density at radius 3 is 1.92 bits per heavy atom. The molecule has 25 atom stereocenters. The lowest BCUT2D eigenvalue weighted by molar-refractivity contribution is -0.366. The van der Waals surface area contributed by atoms with E-state index in [1.807, 2.05) is 0 Å². The van der Waals surface area contributed by atoms with Crippen molar-refractivity contribution in [2.24, 2.45) is 44.8 Å². The van der Waals surface area contributed by atoms with Crippen LogP contribution in [0.1, 0.15) is 113 Å². The Morgan fingerprint density at radius 1 is 0.603 bits per heavy atom. The molecule has 0 amide bonds. The first-order chi connectivity index (χ1) is 29.3. The molecule has 9 aliphatic rings. The lowest BCUT2D eigenvalue weighted by Crippen LogP contribution is -2.65. The fourth-order valence-electron chi connectivity index (χ4n) is 16.0. The van der Waals surface area contributed by atoms with Crippen LogP contribution in [0.3, 0.4) is 0 Å². The van der Waals surface area contributed by atoms with E-state index in [0.29, 0.717) is 25.7 Å². The third-order valence-electron chi connectivity index (χ3n) is 19.3. The molecule has 0 aromatic heterocycles. The van der Waals surface area contributed by atoms with Crippen molar-refractivity contribution >= 4 is 0 Å². The summed E-state index contributed by atoms with van der Waals surface area (Å²) in [6.07, 6.45) is -13.3. The monoisotopic (exact) mass is 901 g/mol. The minimum atomic E-state index is -1.67. The highest BCUT2D eigenvalue weighted by Crippen LogP contribution is 2.89. The van der Waals surface area contributed by atoms with E-state index in [1.165, 1.54) is 6.92 Å². The minimum absolute atomic E-state index is 0.0959. The maximum atomic E-state index is 12.3. The molecular formula is C46H76O17. The molecule has 0 aromatic carbocycles. The van der Waals surface area contributed by atoms with Gasteiger partial charge in [-0.1, -0.05) is 27.7 Å². The van der Waals surface area contributed by atoms with Gasteiger partial charge in [0.15, 0.2) is 18.9 Å². The van der Waals surface area contributed by atoms with Crippen LogP contribution in [0.4, 0.5) is 0 Å². The van der Waals surface area contributed by atoms with E-state index in [2.05, 4.69) is 34.6 Å². The molecule has 4 saturated heterocycles. The molecule has 0 aromatic rings. The Bertz CT molecular complexity index is 1700. The van der Waals surface area contributed by atoms with Gasteiger partial charge in [-0.3, -0.25) is 0 Å². The molecule has 4 aliphatic heterocycles. The predicted molar refractivity (Wildman–Crippen MR) is 219 cm³/mol. The molecule has 10 N–H and O–H groups in total. The zero-order valence-corrected chi connectivity index (χ0v) is 38.2. The summed E-state index contributed by atoms with van der Waals surface area (Å²) in [7, 11) is 0. The van der Waals surface area contributed by atoms with Crippen LogP contribution >= 0.6 is 0 Å². The molecule has 17 nitrogen and oxygen atoms in total. The molecule has 2 spiro atoms. The number of ether oxygens (including phenoxy) is 7. The zero-order chi connectivity index (χ0) is 45.8. The lowest BCUT2D eigenvalue weighted by Gasteiger charge is -2.65. The van der Waals surface area contributed by atoms with Gasteiger partial charge >= 0.3 is 0 Å². The van der Waals surface area contributed by atoms with Crippen molar-refractivity contribution in [3.63, 3.8) is 0 Å². The van der Waals surface area contributed by atoms with Crippen molar-refractivity contribution in [1.82, 2.24) is 0 Å². The molecule has 5 saturated carbocycles. The fraction of sp³-hybridized carbons (Fsp3) is 1.00. The third-order valence-corrected chi connectivity index (χ3v) is 19.3. The molecule has 0 bridgehead atoms. The number of aliphatic hydroxyl groups is 10. The number of fused-ring (bicyclic) bond motifs is 2. The molecule has 0 radical (unpaired) electrons. The van der Waals surface area contributed by atoms with Gasteiger partial charge in [0, 0.05) is 5.92 Å². The average molecular weight is 901 g/mol. The lowest BCUT2D eigenvalue weighted by atomic mass is 9.41. The largest absolute Gasteiger partial charge is 0.393 e. The van der Waals surface area contributed by atoms with E-state index in [0.717, 1.165) is 32.1 Å². The fourth-order valence-corrected chi connectivity index (χ4v) is 16.0. The second-order valence-corrected chi connectivity index (χ2v) is 23.4. The van der Waals surface area contributed by atoms with Crippen molar-refractivity contribution in [3.8, 4) is 0 Å². The van der Waals surface area contributed by atoms with E-state index in [9.17, 15) is 51.1 Å². The van der Waals surface area contributed by atoms with E-state index in [-0.39, 0.29) is 58.7 Å². The van der Waals surface area contributed by atoms with Gasteiger partial charge in [0.2, 0.25) is 0 Å². The first kappa shape index (κ1) is 47.4. The Kier molecular flexibility index (Phi) is 11.8. The van der Waals surface area contributed by atoms with Crippen LogP contribution in [0.25, 0.3) is 0 Å². The number of aliphatic hydroxyl groups excluding tert-OH is 9. The highest BCUT2D eigenvalue weighted by Gasteiger charge is 2.85. The predicted octanol–water partition coefficient (Wildman–Crippen LogP) is 0.215. The first-order valence-corrected chi connectivity index (χ1v) is 23.6. The molecular weight excluding hydrogens is 824 g/mol. The van der Waals surface area contributed by atoms with Crippen LogP contribution in [0.2, 0.25) is 0 Å². The van der Waals surface area contributed by atoms with Gasteiger partial charge < -0.3 is 84.2 Å². The molecule has 9 rings (SSSR count). The smallest absolute Gasteiger partial charge is 0.187 e. The van der Waals surface area contributed by atoms with Gasteiger partial charge in [-0.15, -0.1) is 0 Å². The molecule has 4 heterocycles. The second-order valence-electron chi connectivity index (χ2n) is 23.4. The standard InChI is InChI=1S/C46H76O17/c1-20-28(50)31(53)33(55)38(59-20)62-34-30(52)23(49)18-58-39(34)61-26-10-12-46-19-45(46)14-13-42(6)35(44(8)11-9-27(63-44)41(4,5)56)21(47)16-43(42,7)25(45)15-24(36(46)40(26,2)3)60-37-32(54)29(51)22(48)17-57-37/h20-39,47-56H,9-19H2,1-8H3/t20?,21-,22?,23?,24-,25?,26?,27+,28?,29?,30?,31?,32?,33?,34?,35?,36?,37?,38?,39?,42+,43-,44?,45-,46+/m0/s1. The van der Waals surface area contributed by atoms with Crippen LogP contribution in [0.15, 0.2) is 0 Å². The summed E-state index contributed by atoms with van der Waals surface area (Å²) in [6, 6.07) is 0. The molecule has 5 aliphatic carbocycles.